The first-order valence-electron chi connectivity index (χ1n) is 6.51. The van der Waals surface area contributed by atoms with Gasteiger partial charge in [0.05, 0.1) is 12.6 Å². The van der Waals surface area contributed by atoms with E-state index in [2.05, 4.69) is 0 Å². The fourth-order valence-electron chi connectivity index (χ4n) is 1.65. The summed E-state index contributed by atoms with van der Waals surface area (Å²) in [4.78, 5) is 11.6. The minimum Gasteiger partial charge on any atom is -0.377 e. The van der Waals surface area contributed by atoms with Crippen molar-refractivity contribution in [2.75, 3.05) is 6.61 Å². The van der Waals surface area contributed by atoms with Gasteiger partial charge in [-0.25, -0.2) is 0 Å². The minimum atomic E-state index is -0.334. The van der Waals surface area contributed by atoms with Crippen LogP contribution in [0.3, 0.4) is 0 Å². The van der Waals surface area contributed by atoms with Gasteiger partial charge in [0.2, 0.25) is 0 Å². The van der Waals surface area contributed by atoms with Crippen LogP contribution in [0.2, 0.25) is 0 Å². The van der Waals surface area contributed by atoms with Crippen LogP contribution >= 0.6 is 0 Å². The molecule has 1 atom stereocenters. The van der Waals surface area contributed by atoms with Gasteiger partial charge in [0.25, 0.3) is 0 Å². The monoisotopic (exact) mass is 249 g/mol. The maximum Gasteiger partial charge on any atom is 0.149 e. The Balaban J connectivity index is 2.11. The highest BCUT2D eigenvalue weighted by Crippen LogP contribution is 2.05. The van der Waals surface area contributed by atoms with Crippen molar-refractivity contribution in [2.24, 2.45) is 11.7 Å². The van der Waals surface area contributed by atoms with E-state index in [0.717, 1.165) is 12.0 Å². The van der Waals surface area contributed by atoms with Crippen molar-refractivity contribution < 1.29 is 9.53 Å². The summed E-state index contributed by atoms with van der Waals surface area (Å²) >= 11 is 0. The number of ketones is 1. The van der Waals surface area contributed by atoms with E-state index in [0.29, 0.717) is 19.6 Å². The van der Waals surface area contributed by atoms with Crippen LogP contribution < -0.4 is 5.73 Å². The molecule has 0 aliphatic carbocycles. The summed E-state index contributed by atoms with van der Waals surface area (Å²) in [7, 11) is 0. The lowest BCUT2D eigenvalue weighted by atomic mass is 9.98. The summed E-state index contributed by atoms with van der Waals surface area (Å²) in [5.41, 5.74) is 6.93. The minimum absolute atomic E-state index is 0.133. The maximum absolute atomic E-state index is 11.6. The third-order valence-corrected chi connectivity index (χ3v) is 2.91. The van der Waals surface area contributed by atoms with E-state index in [1.165, 1.54) is 0 Å². The molecule has 2 N–H and O–H groups in total. The number of nitrogens with two attached hydrogens (primary N) is 1. The van der Waals surface area contributed by atoms with Gasteiger partial charge in [-0.2, -0.15) is 0 Å². The van der Waals surface area contributed by atoms with Crippen molar-refractivity contribution >= 4 is 5.78 Å². The molecule has 0 radical (unpaired) electrons. The van der Waals surface area contributed by atoms with Crippen molar-refractivity contribution in [1.82, 2.24) is 0 Å². The van der Waals surface area contributed by atoms with Gasteiger partial charge in [-0.3, -0.25) is 4.79 Å². The molecule has 3 nitrogen and oxygen atoms in total. The number of Topliss-reactive ketones (excluding diaryl/α,β-unsaturated/α-hetero) is 1. The smallest absolute Gasteiger partial charge is 0.149 e. The molecule has 0 aliphatic heterocycles. The number of hydrogen-bond donors (Lipinski definition) is 1. The van der Waals surface area contributed by atoms with Gasteiger partial charge in [-0.15, -0.1) is 0 Å². The Labute approximate surface area is 109 Å². The van der Waals surface area contributed by atoms with Crippen LogP contribution in [-0.4, -0.2) is 18.4 Å². The molecule has 0 bridgehead atoms. The maximum atomic E-state index is 11.6. The molecule has 3 heteroatoms. The number of carbonyl (C=O) groups is 1. The number of benzene rings is 1. The average molecular weight is 249 g/mol. The first-order valence-corrected chi connectivity index (χ1v) is 6.51. The summed E-state index contributed by atoms with van der Waals surface area (Å²) in [5.74, 6) is 0.344. The normalized spacial score (nSPS) is 12.7. The average Bonchev–Trinajstić information content (AvgIpc) is 2.38. The lowest BCUT2D eigenvalue weighted by Crippen LogP contribution is -2.35. The third kappa shape index (κ3) is 5.43. The molecule has 0 spiro atoms. The quantitative estimate of drug-likeness (QED) is 0.720. The van der Waals surface area contributed by atoms with Crippen molar-refractivity contribution in [3.05, 3.63) is 35.9 Å². The highest BCUT2D eigenvalue weighted by atomic mass is 16.5. The highest BCUT2D eigenvalue weighted by Gasteiger charge is 2.16. The molecule has 100 valence electrons. The van der Waals surface area contributed by atoms with E-state index in [4.69, 9.17) is 10.5 Å². The van der Waals surface area contributed by atoms with Gasteiger partial charge in [0, 0.05) is 13.0 Å². The Morgan fingerprint density at radius 2 is 1.94 bits per heavy atom. The molecular weight excluding hydrogens is 226 g/mol. The topological polar surface area (TPSA) is 52.3 Å². The van der Waals surface area contributed by atoms with Crippen molar-refractivity contribution in [1.29, 1.82) is 0 Å². The summed E-state index contributed by atoms with van der Waals surface area (Å²) < 4.78 is 5.52. The molecule has 0 saturated carbocycles. The van der Waals surface area contributed by atoms with Crippen molar-refractivity contribution in [3.63, 3.8) is 0 Å². The number of ether oxygens (including phenoxy) is 1. The summed E-state index contributed by atoms with van der Waals surface area (Å²) in [6.07, 6.45) is 1.25. The van der Waals surface area contributed by atoms with E-state index < -0.39 is 0 Å². The predicted octanol–water partition coefficient (Wildman–Crippen LogP) is 2.54. The van der Waals surface area contributed by atoms with Crippen LogP contribution in [-0.2, 0) is 16.1 Å². The second-order valence-corrected chi connectivity index (χ2v) is 4.88. The summed E-state index contributed by atoms with van der Waals surface area (Å²) in [6, 6.07) is 9.68. The van der Waals surface area contributed by atoms with Crippen molar-refractivity contribution in [3.8, 4) is 0 Å². The molecule has 0 aliphatic rings. The molecule has 1 unspecified atom stereocenters. The summed E-state index contributed by atoms with van der Waals surface area (Å²) in [6.45, 7) is 5.14. The fraction of sp³-hybridized carbons (Fsp3) is 0.533. The van der Waals surface area contributed by atoms with E-state index in [1.807, 2.05) is 44.2 Å². The Kier molecular flexibility index (Phi) is 6.61. The van der Waals surface area contributed by atoms with Crippen LogP contribution in [0.1, 0.15) is 32.3 Å². The third-order valence-electron chi connectivity index (χ3n) is 2.91. The first kappa shape index (κ1) is 14.9. The number of hydrogen-bond acceptors (Lipinski definition) is 3. The van der Waals surface area contributed by atoms with Gasteiger partial charge >= 0.3 is 0 Å². The molecule has 0 aromatic heterocycles. The predicted molar refractivity (Wildman–Crippen MR) is 73.2 cm³/mol. The molecule has 1 aromatic carbocycles. The van der Waals surface area contributed by atoms with E-state index in [-0.39, 0.29) is 17.7 Å². The lowest BCUT2D eigenvalue weighted by Gasteiger charge is -2.13. The van der Waals surface area contributed by atoms with Crippen LogP contribution in [0.4, 0.5) is 0 Å². The van der Waals surface area contributed by atoms with E-state index >= 15 is 0 Å². The first-order chi connectivity index (χ1) is 8.61. The van der Waals surface area contributed by atoms with E-state index in [1.54, 1.807) is 0 Å². The lowest BCUT2D eigenvalue weighted by molar-refractivity contribution is -0.121. The highest BCUT2D eigenvalue weighted by molar-refractivity contribution is 5.83. The van der Waals surface area contributed by atoms with Crippen LogP contribution in [0.15, 0.2) is 30.3 Å². The van der Waals surface area contributed by atoms with Gasteiger partial charge in [0.1, 0.15) is 5.78 Å². The van der Waals surface area contributed by atoms with Crippen molar-refractivity contribution in [2.45, 2.75) is 39.3 Å². The zero-order chi connectivity index (χ0) is 13.4. The van der Waals surface area contributed by atoms with Gasteiger partial charge in [-0.1, -0.05) is 44.2 Å². The van der Waals surface area contributed by atoms with Crippen LogP contribution in [0.5, 0.6) is 0 Å². The SMILES string of the molecule is CC(C)C(N)C(=O)CCCOCc1ccccc1. The Morgan fingerprint density at radius 1 is 1.28 bits per heavy atom. The van der Waals surface area contributed by atoms with Gasteiger partial charge < -0.3 is 10.5 Å². The largest absolute Gasteiger partial charge is 0.377 e. The second kappa shape index (κ2) is 8.01. The number of rotatable bonds is 8. The second-order valence-electron chi connectivity index (χ2n) is 4.88. The van der Waals surface area contributed by atoms with Crippen LogP contribution in [0.25, 0.3) is 0 Å². The fourth-order valence-corrected chi connectivity index (χ4v) is 1.65. The summed E-state index contributed by atoms with van der Waals surface area (Å²) in [5, 5.41) is 0. The zero-order valence-electron chi connectivity index (χ0n) is 11.3. The number of carbonyl (C=O) groups excluding carboxylic acids is 1. The van der Waals surface area contributed by atoms with Gasteiger partial charge in [-0.05, 0) is 17.9 Å². The molecule has 0 heterocycles. The molecule has 0 amide bonds. The molecular formula is C15H23NO2. The molecule has 1 aromatic rings. The Morgan fingerprint density at radius 3 is 2.56 bits per heavy atom. The molecule has 18 heavy (non-hydrogen) atoms. The zero-order valence-corrected chi connectivity index (χ0v) is 11.3. The van der Waals surface area contributed by atoms with E-state index in [9.17, 15) is 4.79 Å². The molecule has 0 saturated heterocycles. The molecule has 1 rings (SSSR count). The van der Waals surface area contributed by atoms with Crippen LogP contribution in [0, 0.1) is 5.92 Å². The Hall–Kier alpha value is -1.19. The standard InChI is InChI=1S/C15H23NO2/c1-12(2)15(16)14(17)9-6-10-18-11-13-7-4-3-5-8-13/h3-5,7-8,12,15H,6,9-11,16H2,1-2H3. The Bertz CT molecular complexity index is 349. The van der Waals surface area contributed by atoms with Gasteiger partial charge in [0.15, 0.2) is 0 Å². The molecule has 0 fully saturated rings.